The number of morpholine rings is 1. The van der Waals surface area contributed by atoms with Crippen LogP contribution in [0.2, 0.25) is 0 Å². The molecule has 0 amide bonds. The van der Waals surface area contributed by atoms with Gasteiger partial charge in [0.25, 0.3) is 0 Å². The highest BCUT2D eigenvalue weighted by molar-refractivity contribution is 5.89. The number of anilines is 1. The molecule has 1 atom stereocenters. The molecule has 1 fully saturated rings. The first-order valence-corrected chi connectivity index (χ1v) is 7.53. The average molecular weight is 286 g/mol. The minimum atomic E-state index is 0.305. The first kappa shape index (κ1) is 14.2. The van der Waals surface area contributed by atoms with Crippen molar-refractivity contribution in [2.75, 3.05) is 31.2 Å². The highest BCUT2D eigenvalue weighted by Gasteiger charge is 2.25. The molecule has 21 heavy (non-hydrogen) atoms. The number of para-hydroxylation sites is 1. The van der Waals surface area contributed by atoms with Gasteiger partial charge in [-0.15, -0.1) is 0 Å². The van der Waals surface area contributed by atoms with Gasteiger partial charge in [0.2, 0.25) is 0 Å². The van der Waals surface area contributed by atoms with Gasteiger partial charge >= 0.3 is 0 Å². The van der Waals surface area contributed by atoms with Crippen LogP contribution in [0.4, 0.5) is 5.82 Å². The lowest BCUT2D eigenvalue weighted by Crippen LogP contribution is -2.51. The van der Waals surface area contributed by atoms with E-state index in [1.807, 2.05) is 18.2 Å². The zero-order chi connectivity index (χ0) is 14.7. The molecular formula is C16H22N4O. The number of hydrogen-bond acceptors (Lipinski definition) is 5. The Kier molecular flexibility index (Phi) is 4.31. The standard InChI is InChI=1S/C16H22N4O/c1-12(2)17-9-13-10-21-8-7-20(13)16-14-5-3-4-6-15(14)18-11-19-16/h3-6,11-13,17H,7-10H2,1-2H3. The van der Waals surface area contributed by atoms with E-state index in [1.165, 1.54) is 0 Å². The van der Waals surface area contributed by atoms with Gasteiger partial charge in [-0.1, -0.05) is 26.0 Å². The van der Waals surface area contributed by atoms with E-state index in [4.69, 9.17) is 4.74 Å². The number of nitrogens with zero attached hydrogens (tertiary/aromatic N) is 3. The molecule has 0 radical (unpaired) electrons. The minimum absolute atomic E-state index is 0.305. The lowest BCUT2D eigenvalue weighted by atomic mass is 10.1. The Hall–Kier alpha value is -1.72. The summed E-state index contributed by atoms with van der Waals surface area (Å²) in [6.45, 7) is 7.57. The summed E-state index contributed by atoms with van der Waals surface area (Å²) in [5.74, 6) is 1.01. The van der Waals surface area contributed by atoms with Crippen molar-refractivity contribution in [2.24, 2.45) is 0 Å². The number of hydrogen-bond donors (Lipinski definition) is 1. The molecule has 1 N–H and O–H groups in total. The molecule has 0 saturated carbocycles. The largest absolute Gasteiger partial charge is 0.377 e. The van der Waals surface area contributed by atoms with Crippen molar-refractivity contribution >= 4 is 16.7 Å². The maximum atomic E-state index is 5.65. The molecule has 1 aliphatic rings. The Balaban J connectivity index is 1.91. The predicted octanol–water partition coefficient (Wildman–Crippen LogP) is 1.83. The molecule has 0 bridgehead atoms. The Morgan fingerprint density at radius 1 is 1.33 bits per heavy atom. The van der Waals surface area contributed by atoms with Crippen LogP contribution in [0.1, 0.15) is 13.8 Å². The quantitative estimate of drug-likeness (QED) is 0.929. The highest BCUT2D eigenvalue weighted by atomic mass is 16.5. The summed E-state index contributed by atoms with van der Waals surface area (Å²) < 4.78 is 5.65. The topological polar surface area (TPSA) is 50.3 Å². The smallest absolute Gasteiger partial charge is 0.140 e. The molecule has 2 aromatic rings. The van der Waals surface area contributed by atoms with Crippen LogP contribution in [0.25, 0.3) is 10.9 Å². The lowest BCUT2D eigenvalue weighted by molar-refractivity contribution is 0.0929. The Morgan fingerprint density at radius 2 is 2.19 bits per heavy atom. The third kappa shape index (κ3) is 3.14. The van der Waals surface area contributed by atoms with E-state index in [0.29, 0.717) is 12.1 Å². The normalized spacial score (nSPS) is 19.4. The van der Waals surface area contributed by atoms with Crippen molar-refractivity contribution in [3.8, 4) is 0 Å². The molecule has 5 nitrogen and oxygen atoms in total. The van der Waals surface area contributed by atoms with Crippen LogP contribution in [-0.4, -0.2) is 48.4 Å². The second-order valence-electron chi connectivity index (χ2n) is 5.70. The fourth-order valence-corrected chi connectivity index (χ4v) is 2.69. The van der Waals surface area contributed by atoms with Crippen LogP contribution >= 0.6 is 0 Å². The van der Waals surface area contributed by atoms with E-state index in [0.717, 1.165) is 43.0 Å². The molecule has 3 rings (SSSR count). The van der Waals surface area contributed by atoms with E-state index in [9.17, 15) is 0 Å². The Morgan fingerprint density at radius 3 is 3.05 bits per heavy atom. The maximum Gasteiger partial charge on any atom is 0.140 e. The molecule has 112 valence electrons. The third-order valence-electron chi connectivity index (χ3n) is 3.78. The third-order valence-corrected chi connectivity index (χ3v) is 3.78. The van der Waals surface area contributed by atoms with Crippen LogP contribution in [0.15, 0.2) is 30.6 Å². The summed E-state index contributed by atoms with van der Waals surface area (Å²) in [6.07, 6.45) is 1.65. The van der Waals surface area contributed by atoms with E-state index in [-0.39, 0.29) is 0 Å². The van der Waals surface area contributed by atoms with Crippen LogP contribution in [0, 0.1) is 0 Å². The maximum absolute atomic E-state index is 5.65. The van der Waals surface area contributed by atoms with Crippen molar-refractivity contribution in [3.63, 3.8) is 0 Å². The number of nitrogens with one attached hydrogen (secondary N) is 1. The number of aromatic nitrogens is 2. The average Bonchev–Trinajstić information content (AvgIpc) is 2.53. The predicted molar refractivity (Wildman–Crippen MR) is 84.6 cm³/mol. The summed E-state index contributed by atoms with van der Waals surface area (Å²) in [4.78, 5) is 11.2. The molecule has 1 aromatic carbocycles. The number of fused-ring (bicyclic) bond motifs is 1. The number of rotatable bonds is 4. The molecule has 1 aromatic heterocycles. The summed E-state index contributed by atoms with van der Waals surface area (Å²) in [6, 6.07) is 8.94. The van der Waals surface area contributed by atoms with Gasteiger partial charge in [0, 0.05) is 24.5 Å². The van der Waals surface area contributed by atoms with Gasteiger partial charge in [0.15, 0.2) is 0 Å². The van der Waals surface area contributed by atoms with Gasteiger partial charge in [0.1, 0.15) is 12.1 Å². The SMILES string of the molecule is CC(C)NCC1COCCN1c1ncnc2ccccc12. The molecule has 5 heteroatoms. The Bertz CT molecular complexity index is 596. The second kappa shape index (κ2) is 6.37. The first-order chi connectivity index (χ1) is 10.3. The number of benzene rings is 1. The van der Waals surface area contributed by atoms with Crippen molar-refractivity contribution in [1.82, 2.24) is 15.3 Å². The zero-order valence-electron chi connectivity index (χ0n) is 12.6. The van der Waals surface area contributed by atoms with Crippen LogP contribution in [0.5, 0.6) is 0 Å². The summed E-state index contributed by atoms with van der Waals surface area (Å²) >= 11 is 0. The second-order valence-corrected chi connectivity index (χ2v) is 5.70. The van der Waals surface area contributed by atoms with Gasteiger partial charge in [-0.2, -0.15) is 0 Å². The van der Waals surface area contributed by atoms with Crippen molar-refractivity contribution in [2.45, 2.75) is 25.9 Å². The minimum Gasteiger partial charge on any atom is -0.377 e. The molecule has 1 unspecified atom stereocenters. The fraction of sp³-hybridized carbons (Fsp3) is 0.500. The highest BCUT2D eigenvalue weighted by Crippen LogP contribution is 2.25. The molecule has 0 aliphatic carbocycles. The van der Waals surface area contributed by atoms with Crippen LogP contribution in [-0.2, 0) is 4.74 Å². The van der Waals surface area contributed by atoms with Gasteiger partial charge in [-0.05, 0) is 12.1 Å². The van der Waals surface area contributed by atoms with E-state index < -0.39 is 0 Å². The van der Waals surface area contributed by atoms with Gasteiger partial charge in [-0.25, -0.2) is 9.97 Å². The fourth-order valence-electron chi connectivity index (χ4n) is 2.69. The van der Waals surface area contributed by atoms with Crippen molar-refractivity contribution < 1.29 is 4.74 Å². The van der Waals surface area contributed by atoms with Gasteiger partial charge < -0.3 is 15.0 Å². The molecule has 1 aliphatic heterocycles. The van der Waals surface area contributed by atoms with E-state index in [2.05, 4.69) is 40.1 Å². The molecule has 2 heterocycles. The van der Waals surface area contributed by atoms with E-state index in [1.54, 1.807) is 6.33 Å². The van der Waals surface area contributed by atoms with Crippen molar-refractivity contribution in [3.05, 3.63) is 30.6 Å². The molecular weight excluding hydrogens is 264 g/mol. The van der Waals surface area contributed by atoms with Crippen LogP contribution < -0.4 is 10.2 Å². The first-order valence-electron chi connectivity index (χ1n) is 7.53. The zero-order valence-corrected chi connectivity index (χ0v) is 12.6. The summed E-state index contributed by atoms with van der Waals surface area (Å²) in [5, 5.41) is 4.61. The number of ether oxygens (including phenoxy) is 1. The van der Waals surface area contributed by atoms with Crippen LogP contribution in [0.3, 0.4) is 0 Å². The van der Waals surface area contributed by atoms with Gasteiger partial charge in [-0.3, -0.25) is 0 Å². The summed E-state index contributed by atoms with van der Waals surface area (Å²) in [5.41, 5.74) is 0.990. The monoisotopic (exact) mass is 286 g/mol. The molecule has 1 saturated heterocycles. The van der Waals surface area contributed by atoms with Crippen molar-refractivity contribution in [1.29, 1.82) is 0 Å². The van der Waals surface area contributed by atoms with Gasteiger partial charge in [0.05, 0.1) is 24.8 Å². The lowest BCUT2D eigenvalue weighted by Gasteiger charge is -2.37. The Labute approximate surface area is 125 Å². The van der Waals surface area contributed by atoms with E-state index >= 15 is 0 Å². The summed E-state index contributed by atoms with van der Waals surface area (Å²) in [7, 11) is 0. The molecule has 0 spiro atoms.